The van der Waals surface area contributed by atoms with Crippen molar-refractivity contribution in [3.63, 3.8) is 0 Å². The minimum absolute atomic E-state index is 0.0218. The maximum atomic E-state index is 14.7. The number of nitrogens with zero attached hydrogens (tertiary/aromatic N) is 4. The number of aliphatic imine (C=N–C) groups is 1. The summed E-state index contributed by atoms with van der Waals surface area (Å²) in [7, 11) is 0. The van der Waals surface area contributed by atoms with Gasteiger partial charge in [-0.2, -0.15) is 13.2 Å². The molecule has 0 bridgehead atoms. The largest absolute Gasteiger partial charge is 0.468 e. The smallest absolute Gasteiger partial charge is 0.441 e. The number of alkyl halides is 3. The highest BCUT2D eigenvalue weighted by molar-refractivity contribution is 5.84. The molecule has 1 aliphatic heterocycles. The summed E-state index contributed by atoms with van der Waals surface area (Å²) in [6.07, 6.45) is -9.49. The molecule has 1 heterocycles. The lowest BCUT2D eigenvalue weighted by molar-refractivity contribution is -0.315. The van der Waals surface area contributed by atoms with Gasteiger partial charge in [0.15, 0.2) is 0 Å². The van der Waals surface area contributed by atoms with Crippen LogP contribution in [-0.2, 0) is 61.1 Å². The SMILES string of the molecule is [N-]=[N+]=NCCc1ccc(CCOCC2O[C@@H](O/C(=N/c3ccccc3)C(F)(F)F)C(OCc3ccccc3)C(OCc3ccccc3)[C@H]2OCc2ccccc2)cc1. The quantitative estimate of drug-likeness (QED) is 0.0205. The molecule has 0 amide bonds. The zero-order chi connectivity index (χ0) is 40.4. The van der Waals surface area contributed by atoms with Crippen molar-refractivity contribution >= 4 is 11.6 Å². The molecule has 5 atom stereocenters. The first-order valence-electron chi connectivity index (χ1n) is 19.0. The first kappa shape index (κ1) is 42.1. The minimum Gasteiger partial charge on any atom is -0.441 e. The fourth-order valence-corrected chi connectivity index (χ4v) is 6.35. The lowest BCUT2D eigenvalue weighted by Crippen LogP contribution is -2.62. The third kappa shape index (κ3) is 13.0. The van der Waals surface area contributed by atoms with E-state index in [-0.39, 0.29) is 38.7 Å². The van der Waals surface area contributed by atoms with Crippen molar-refractivity contribution in [1.29, 1.82) is 0 Å². The van der Waals surface area contributed by atoms with Gasteiger partial charge in [0, 0.05) is 11.5 Å². The van der Waals surface area contributed by atoms with E-state index in [9.17, 15) is 13.2 Å². The highest BCUT2D eigenvalue weighted by atomic mass is 19.4. The summed E-state index contributed by atoms with van der Waals surface area (Å²) in [5, 5.41) is 3.59. The van der Waals surface area contributed by atoms with E-state index in [1.807, 2.05) is 115 Å². The molecule has 0 radical (unpaired) electrons. The molecular formula is C45H45F3N4O6. The van der Waals surface area contributed by atoms with E-state index in [1.165, 1.54) is 12.1 Å². The highest BCUT2D eigenvalue weighted by Crippen LogP contribution is 2.34. The Labute approximate surface area is 335 Å². The Morgan fingerprint density at radius 1 is 0.603 bits per heavy atom. The van der Waals surface area contributed by atoms with Gasteiger partial charge in [0.05, 0.1) is 38.7 Å². The monoisotopic (exact) mass is 794 g/mol. The Balaban J connectivity index is 1.31. The van der Waals surface area contributed by atoms with Crippen molar-refractivity contribution in [2.75, 3.05) is 19.8 Å². The third-order valence-corrected chi connectivity index (χ3v) is 9.31. The predicted molar refractivity (Wildman–Crippen MR) is 213 cm³/mol. The fourth-order valence-electron chi connectivity index (χ4n) is 6.35. The van der Waals surface area contributed by atoms with Crippen molar-refractivity contribution < 1.29 is 41.6 Å². The van der Waals surface area contributed by atoms with Gasteiger partial charge in [-0.15, -0.1) is 0 Å². The first-order valence-corrected chi connectivity index (χ1v) is 19.0. The first-order chi connectivity index (χ1) is 28.4. The van der Waals surface area contributed by atoms with Gasteiger partial charge in [-0.05, 0) is 58.3 Å². The van der Waals surface area contributed by atoms with Crippen LogP contribution < -0.4 is 0 Å². The molecule has 0 N–H and O–H groups in total. The number of para-hydroxylation sites is 1. The van der Waals surface area contributed by atoms with Crippen LogP contribution in [0.3, 0.4) is 0 Å². The van der Waals surface area contributed by atoms with Crippen molar-refractivity contribution in [2.24, 2.45) is 10.1 Å². The van der Waals surface area contributed by atoms with Crippen LogP contribution in [0.2, 0.25) is 0 Å². The normalized spacial score (nSPS) is 19.6. The van der Waals surface area contributed by atoms with Crippen molar-refractivity contribution in [3.8, 4) is 0 Å². The molecule has 13 heteroatoms. The summed E-state index contributed by atoms with van der Waals surface area (Å²) in [6, 6.07) is 43.9. The zero-order valence-electron chi connectivity index (χ0n) is 31.8. The third-order valence-electron chi connectivity index (χ3n) is 9.31. The second-order valence-electron chi connectivity index (χ2n) is 13.5. The topological polar surface area (TPSA) is 117 Å². The molecule has 3 unspecified atom stereocenters. The summed E-state index contributed by atoms with van der Waals surface area (Å²) in [5.41, 5.74) is 13.2. The van der Waals surface area contributed by atoms with Gasteiger partial charge in [0.2, 0.25) is 6.29 Å². The van der Waals surface area contributed by atoms with Gasteiger partial charge >= 0.3 is 6.18 Å². The van der Waals surface area contributed by atoms with Gasteiger partial charge in [0.25, 0.3) is 5.90 Å². The van der Waals surface area contributed by atoms with Crippen LogP contribution in [0.1, 0.15) is 27.8 Å². The predicted octanol–water partition coefficient (Wildman–Crippen LogP) is 9.89. The Morgan fingerprint density at radius 3 is 1.60 bits per heavy atom. The van der Waals surface area contributed by atoms with Gasteiger partial charge in [-0.1, -0.05) is 139 Å². The van der Waals surface area contributed by atoms with E-state index in [0.29, 0.717) is 19.4 Å². The Bertz CT molecular complexity index is 2020. The minimum atomic E-state index is -4.98. The van der Waals surface area contributed by atoms with E-state index in [4.69, 9.17) is 34.0 Å². The van der Waals surface area contributed by atoms with Gasteiger partial charge in [-0.3, -0.25) is 0 Å². The second kappa shape index (κ2) is 21.8. The van der Waals surface area contributed by atoms with Crippen LogP contribution in [0.15, 0.2) is 156 Å². The maximum Gasteiger partial charge on any atom is 0.468 e. The van der Waals surface area contributed by atoms with Crippen LogP contribution in [0, 0.1) is 0 Å². The number of hydrogen-bond donors (Lipinski definition) is 0. The molecule has 5 aromatic rings. The van der Waals surface area contributed by atoms with E-state index in [0.717, 1.165) is 27.8 Å². The molecule has 302 valence electrons. The second-order valence-corrected chi connectivity index (χ2v) is 13.5. The van der Waals surface area contributed by atoms with Gasteiger partial charge in [0.1, 0.15) is 24.4 Å². The highest BCUT2D eigenvalue weighted by Gasteiger charge is 2.52. The van der Waals surface area contributed by atoms with Crippen LogP contribution in [0.25, 0.3) is 10.4 Å². The Kier molecular flexibility index (Phi) is 15.9. The number of benzene rings is 5. The van der Waals surface area contributed by atoms with E-state index in [1.54, 1.807) is 18.2 Å². The summed E-state index contributed by atoms with van der Waals surface area (Å²) in [4.78, 5) is 6.66. The molecule has 0 aromatic heterocycles. The average molecular weight is 795 g/mol. The van der Waals surface area contributed by atoms with Crippen LogP contribution in [0.4, 0.5) is 18.9 Å². The lowest BCUT2D eigenvalue weighted by Gasteiger charge is -2.45. The van der Waals surface area contributed by atoms with Crippen LogP contribution in [0.5, 0.6) is 0 Å². The molecule has 0 aliphatic carbocycles. The molecular weight excluding hydrogens is 750 g/mol. The average Bonchev–Trinajstić information content (AvgIpc) is 3.25. The van der Waals surface area contributed by atoms with E-state index in [2.05, 4.69) is 15.0 Å². The molecule has 1 aliphatic rings. The number of ether oxygens (including phenoxy) is 6. The maximum absolute atomic E-state index is 14.7. The summed E-state index contributed by atoms with van der Waals surface area (Å²) >= 11 is 0. The van der Waals surface area contributed by atoms with Crippen molar-refractivity contribution in [1.82, 2.24) is 0 Å². The van der Waals surface area contributed by atoms with E-state index < -0.39 is 42.8 Å². The summed E-state index contributed by atoms with van der Waals surface area (Å²) < 4.78 is 82.4. The zero-order valence-corrected chi connectivity index (χ0v) is 31.8. The molecule has 0 spiro atoms. The lowest BCUT2D eigenvalue weighted by atomic mass is 9.97. The van der Waals surface area contributed by atoms with Crippen molar-refractivity contribution in [3.05, 3.63) is 184 Å². The molecule has 10 nitrogen and oxygen atoms in total. The summed E-state index contributed by atoms with van der Waals surface area (Å²) in [5.74, 6) is -1.50. The number of halogens is 3. The molecule has 58 heavy (non-hydrogen) atoms. The van der Waals surface area contributed by atoms with E-state index >= 15 is 0 Å². The van der Waals surface area contributed by atoms with Crippen LogP contribution >= 0.6 is 0 Å². The fraction of sp³-hybridized carbons (Fsp3) is 0.311. The van der Waals surface area contributed by atoms with Gasteiger partial charge in [-0.25, -0.2) is 4.99 Å². The van der Waals surface area contributed by atoms with Crippen LogP contribution in [-0.4, -0.2) is 62.5 Å². The Hall–Kier alpha value is -5.53. The molecule has 1 saturated heterocycles. The summed E-state index contributed by atoms with van der Waals surface area (Å²) in [6.45, 7) is 0.871. The molecule has 6 rings (SSSR count). The standard InChI is InChI=1S/C45H45F3N4O6/c46-45(47,48)44(51-38-19-11-4-12-20-38)58-43-42(56-31-37-17-9-3-10-18-37)41(55-30-36-15-7-2-8-16-36)40(54-29-35-13-5-1-6-14-35)39(57-43)32-53-28-26-34-23-21-33(22-24-34)25-27-50-52-49/h1-24,39-43H,25-32H2/b51-44+/t39?,40-,41?,42?,43-/m0/s1. The van der Waals surface area contributed by atoms with Gasteiger partial charge < -0.3 is 28.4 Å². The number of rotatable bonds is 19. The van der Waals surface area contributed by atoms with Crippen molar-refractivity contribution in [2.45, 2.75) is 69.5 Å². The molecule has 5 aromatic carbocycles. The molecule has 0 saturated carbocycles. The molecule has 1 fully saturated rings. The number of hydrogen-bond acceptors (Lipinski definition) is 8. The number of azide groups is 1. The Morgan fingerprint density at radius 2 is 1.09 bits per heavy atom.